The van der Waals surface area contributed by atoms with E-state index < -0.39 is 0 Å². The first-order valence-corrected chi connectivity index (χ1v) is 7.59. The zero-order chi connectivity index (χ0) is 14.0. The molecule has 3 nitrogen and oxygen atoms in total. The second-order valence-electron chi connectivity index (χ2n) is 7.39. The Balaban J connectivity index is 1.85. The van der Waals surface area contributed by atoms with E-state index in [0.717, 1.165) is 24.4 Å². The maximum atomic E-state index is 6.32. The Bertz CT molecular complexity index is 434. The number of hydrogen-bond acceptors (Lipinski definition) is 3. The Morgan fingerprint density at radius 1 is 1.32 bits per heavy atom. The van der Waals surface area contributed by atoms with Crippen molar-refractivity contribution in [3.05, 3.63) is 11.2 Å². The molecule has 3 saturated carbocycles. The zero-order valence-electron chi connectivity index (χ0n) is 12.8. The fourth-order valence-electron chi connectivity index (χ4n) is 4.40. The van der Waals surface area contributed by atoms with Gasteiger partial charge in [-0.2, -0.15) is 0 Å². The predicted octanol–water partition coefficient (Wildman–Crippen LogP) is 2.90. The quantitative estimate of drug-likeness (QED) is 0.779. The van der Waals surface area contributed by atoms with Gasteiger partial charge in [-0.15, -0.1) is 0 Å². The summed E-state index contributed by atoms with van der Waals surface area (Å²) in [6.45, 7) is 11.2. The van der Waals surface area contributed by atoms with E-state index in [4.69, 9.17) is 15.0 Å². The van der Waals surface area contributed by atoms with Crippen molar-refractivity contribution in [1.82, 2.24) is 0 Å². The van der Waals surface area contributed by atoms with E-state index in [2.05, 4.69) is 34.6 Å². The van der Waals surface area contributed by atoms with E-state index in [0.29, 0.717) is 11.3 Å². The van der Waals surface area contributed by atoms with Crippen molar-refractivity contribution in [3.63, 3.8) is 0 Å². The van der Waals surface area contributed by atoms with Crippen molar-refractivity contribution in [2.75, 3.05) is 0 Å². The molecule has 4 fully saturated rings. The van der Waals surface area contributed by atoms with E-state index >= 15 is 0 Å². The summed E-state index contributed by atoms with van der Waals surface area (Å²) in [5.74, 6) is 1.39. The van der Waals surface area contributed by atoms with Crippen LogP contribution in [-0.4, -0.2) is 18.8 Å². The highest BCUT2D eigenvalue weighted by Gasteiger charge is 2.68. The third kappa shape index (κ3) is 1.65. The smallest absolute Gasteiger partial charge is 0.405 e. The van der Waals surface area contributed by atoms with Crippen molar-refractivity contribution in [2.45, 2.75) is 65.6 Å². The number of nitrogens with two attached hydrogens (primary N) is 1. The lowest BCUT2D eigenvalue weighted by Crippen LogP contribution is -2.65. The minimum absolute atomic E-state index is 0.151. The van der Waals surface area contributed by atoms with Crippen LogP contribution in [0.1, 0.15) is 53.9 Å². The Labute approximate surface area is 117 Å². The predicted molar refractivity (Wildman–Crippen MR) is 77.3 cm³/mol. The summed E-state index contributed by atoms with van der Waals surface area (Å²) >= 11 is 0. The monoisotopic (exact) mass is 263 g/mol. The first kappa shape index (κ1) is 13.5. The van der Waals surface area contributed by atoms with Gasteiger partial charge in [0.05, 0.1) is 11.7 Å². The van der Waals surface area contributed by atoms with Gasteiger partial charge in [0.25, 0.3) is 0 Å². The number of rotatable bonds is 2. The molecule has 4 heteroatoms. The molecule has 0 spiro atoms. The SMILES string of the molecule is CCC(C)=C(N)B1OC2CC3CC(C3(C)C)C2(C)O1. The molecular formula is C15H26BNO2. The molecule has 2 bridgehead atoms. The maximum absolute atomic E-state index is 6.32. The van der Waals surface area contributed by atoms with Crippen LogP contribution in [0.2, 0.25) is 0 Å². The normalized spacial score (nSPS) is 44.5. The Kier molecular flexibility index (Phi) is 2.85. The van der Waals surface area contributed by atoms with Gasteiger partial charge in [0.15, 0.2) is 0 Å². The van der Waals surface area contributed by atoms with Gasteiger partial charge < -0.3 is 15.0 Å². The molecule has 4 rings (SSSR count). The number of allylic oxidation sites excluding steroid dienone is 1. The van der Waals surface area contributed by atoms with E-state index in [-0.39, 0.29) is 18.8 Å². The second-order valence-corrected chi connectivity index (χ2v) is 7.39. The zero-order valence-corrected chi connectivity index (χ0v) is 12.8. The summed E-state index contributed by atoms with van der Waals surface area (Å²) in [5.41, 5.74) is 8.41. The van der Waals surface area contributed by atoms with Crippen molar-refractivity contribution in [3.8, 4) is 0 Å². The summed E-state index contributed by atoms with van der Waals surface area (Å²) < 4.78 is 12.5. The second kappa shape index (κ2) is 4.01. The van der Waals surface area contributed by atoms with E-state index in [1.165, 1.54) is 12.0 Å². The van der Waals surface area contributed by atoms with Crippen molar-refractivity contribution in [1.29, 1.82) is 0 Å². The molecule has 4 atom stereocenters. The molecule has 1 saturated heterocycles. The minimum atomic E-state index is -0.329. The molecule has 1 heterocycles. The third-order valence-corrected chi connectivity index (χ3v) is 6.23. The van der Waals surface area contributed by atoms with Gasteiger partial charge in [-0.05, 0) is 50.4 Å². The van der Waals surface area contributed by atoms with Gasteiger partial charge in [0.2, 0.25) is 0 Å². The molecule has 0 radical (unpaired) electrons. The molecule has 0 aromatic rings. The van der Waals surface area contributed by atoms with Crippen LogP contribution in [0.5, 0.6) is 0 Å². The topological polar surface area (TPSA) is 44.5 Å². The van der Waals surface area contributed by atoms with E-state index in [1.807, 2.05) is 0 Å². The van der Waals surface area contributed by atoms with Gasteiger partial charge in [-0.1, -0.05) is 26.3 Å². The molecule has 19 heavy (non-hydrogen) atoms. The van der Waals surface area contributed by atoms with Crippen LogP contribution in [0.15, 0.2) is 11.2 Å². The highest BCUT2D eigenvalue weighted by molar-refractivity contribution is 6.54. The van der Waals surface area contributed by atoms with Crippen molar-refractivity contribution in [2.24, 2.45) is 23.0 Å². The van der Waals surface area contributed by atoms with E-state index in [9.17, 15) is 0 Å². The standard InChI is InChI=1S/C15H26BNO2/c1-6-9(2)13(17)16-18-12-8-10-7-11(14(10,3)4)15(12,5)19-16/h10-12H,6-8,17H2,1-5H3. The summed E-state index contributed by atoms with van der Waals surface area (Å²) in [5, 5.41) is 0. The summed E-state index contributed by atoms with van der Waals surface area (Å²) in [6, 6.07) is 0. The Hall–Kier alpha value is -0.475. The van der Waals surface area contributed by atoms with Gasteiger partial charge in [0, 0.05) is 5.60 Å². The van der Waals surface area contributed by atoms with Crippen LogP contribution in [0.3, 0.4) is 0 Å². The first-order chi connectivity index (χ1) is 8.80. The molecule has 3 aliphatic carbocycles. The maximum Gasteiger partial charge on any atom is 0.511 e. The molecule has 0 amide bonds. The highest BCUT2D eigenvalue weighted by atomic mass is 16.7. The molecule has 1 aliphatic heterocycles. The van der Waals surface area contributed by atoms with Crippen LogP contribution in [0.4, 0.5) is 0 Å². The molecule has 4 unspecified atom stereocenters. The lowest BCUT2D eigenvalue weighted by atomic mass is 9.43. The van der Waals surface area contributed by atoms with Crippen molar-refractivity contribution >= 4 is 7.12 Å². The molecule has 106 valence electrons. The average Bonchev–Trinajstić information content (AvgIpc) is 2.73. The highest BCUT2D eigenvalue weighted by Crippen LogP contribution is 2.65. The Morgan fingerprint density at radius 2 is 2.00 bits per heavy atom. The van der Waals surface area contributed by atoms with Gasteiger partial charge >= 0.3 is 7.12 Å². The lowest BCUT2D eigenvalue weighted by Gasteiger charge is -2.64. The molecular weight excluding hydrogens is 237 g/mol. The lowest BCUT2D eigenvalue weighted by molar-refractivity contribution is -0.199. The van der Waals surface area contributed by atoms with Gasteiger partial charge in [-0.3, -0.25) is 0 Å². The van der Waals surface area contributed by atoms with Crippen LogP contribution in [0, 0.1) is 17.3 Å². The van der Waals surface area contributed by atoms with Gasteiger partial charge in [0.1, 0.15) is 0 Å². The fourth-order valence-corrected chi connectivity index (χ4v) is 4.40. The minimum Gasteiger partial charge on any atom is -0.405 e. The van der Waals surface area contributed by atoms with Crippen LogP contribution >= 0.6 is 0 Å². The van der Waals surface area contributed by atoms with Crippen molar-refractivity contribution < 1.29 is 9.31 Å². The average molecular weight is 263 g/mol. The molecule has 0 aromatic carbocycles. The van der Waals surface area contributed by atoms with Crippen LogP contribution in [-0.2, 0) is 9.31 Å². The first-order valence-electron chi connectivity index (χ1n) is 7.59. The summed E-state index contributed by atoms with van der Waals surface area (Å²) in [7, 11) is -0.329. The van der Waals surface area contributed by atoms with Crippen LogP contribution in [0.25, 0.3) is 0 Å². The molecule has 0 aromatic heterocycles. The van der Waals surface area contributed by atoms with Gasteiger partial charge in [-0.25, -0.2) is 0 Å². The number of hydrogen-bond donors (Lipinski definition) is 1. The van der Waals surface area contributed by atoms with Crippen LogP contribution < -0.4 is 5.73 Å². The Morgan fingerprint density at radius 3 is 2.58 bits per heavy atom. The van der Waals surface area contributed by atoms with E-state index in [1.54, 1.807) is 0 Å². The third-order valence-electron chi connectivity index (χ3n) is 6.23. The summed E-state index contributed by atoms with van der Waals surface area (Å²) in [4.78, 5) is 0. The molecule has 2 N–H and O–H groups in total. The molecule has 4 aliphatic rings. The summed E-state index contributed by atoms with van der Waals surface area (Å²) in [6.07, 6.45) is 3.58. The fraction of sp³-hybridized carbons (Fsp3) is 0.867. The largest absolute Gasteiger partial charge is 0.511 e.